The van der Waals surface area contributed by atoms with E-state index in [0.717, 1.165) is 17.2 Å². The third kappa shape index (κ3) is 5.15. The van der Waals surface area contributed by atoms with Crippen molar-refractivity contribution in [1.29, 1.82) is 0 Å². The standard InChI is InChI=1S/C19H14ClN3O5S/c1-11-2-4-12(5-3-11)18-22-16(10-29-18)19(25)28-9-17(24)21-15-7-6-13(23(26)27)8-14(15)20/h2-8,10H,9H2,1H3,(H,21,24). The van der Waals surface area contributed by atoms with E-state index >= 15 is 0 Å². The van der Waals surface area contributed by atoms with Gasteiger partial charge in [0.05, 0.1) is 15.6 Å². The number of anilines is 1. The molecule has 3 rings (SSSR count). The minimum atomic E-state index is -0.732. The molecule has 0 aliphatic carbocycles. The smallest absolute Gasteiger partial charge is 0.358 e. The van der Waals surface area contributed by atoms with E-state index in [4.69, 9.17) is 16.3 Å². The molecule has 148 valence electrons. The number of benzene rings is 2. The minimum Gasteiger partial charge on any atom is -0.451 e. The number of nitro benzene ring substituents is 1. The summed E-state index contributed by atoms with van der Waals surface area (Å²) in [5.41, 5.74) is 2.07. The predicted molar refractivity (Wildman–Crippen MR) is 109 cm³/mol. The molecule has 0 saturated heterocycles. The van der Waals surface area contributed by atoms with E-state index in [0.29, 0.717) is 5.01 Å². The van der Waals surface area contributed by atoms with Crippen LogP contribution in [0.4, 0.5) is 11.4 Å². The van der Waals surface area contributed by atoms with Crippen LogP contribution >= 0.6 is 22.9 Å². The Labute approximate surface area is 174 Å². The van der Waals surface area contributed by atoms with Crippen molar-refractivity contribution in [2.75, 3.05) is 11.9 Å². The number of nitrogens with zero attached hydrogens (tertiary/aromatic N) is 2. The van der Waals surface area contributed by atoms with Crippen LogP contribution in [0.2, 0.25) is 5.02 Å². The second kappa shape index (κ2) is 8.80. The summed E-state index contributed by atoms with van der Waals surface area (Å²) in [4.78, 5) is 38.5. The minimum absolute atomic E-state index is 0.00103. The first-order chi connectivity index (χ1) is 13.8. The lowest BCUT2D eigenvalue weighted by molar-refractivity contribution is -0.384. The van der Waals surface area contributed by atoms with Gasteiger partial charge in [0.1, 0.15) is 5.01 Å². The van der Waals surface area contributed by atoms with Gasteiger partial charge in [-0.1, -0.05) is 41.4 Å². The zero-order valence-electron chi connectivity index (χ0n) is 15.0. The van der Waals surface area contributed by atoms with Gasteiger partial charge in [0.25, 0.3) is 11.6 Å². The topological polar surface area (TPSA) is 111 Å². The van der Waals surface area contributed by atoms with Crippen LogP contribution in [0, 0.1) is 17.0 Å². The number of hydrogen-bond donors (Lipinski definition) is 1. The maximum absolute atomic E-state index is 12.1. The van der Waals surface area contributed by atoms with Gasteiger partial charge >= 0.3 is 5.97 Å². The summed E-state index contributed by atoms with van der Waals surface area (Å²) < 4.78 is 4.97. The molecule has 10 heteroatoms. The number of esters is 1. The third-order valence-electron chi connectivity index (χ3n) is 3.78. The summed E-state index contributed by atoms with van der Waals surface area (Å²) in [6, 6.07) is 11.3. The molecule has 0 fully saturated rings. The lowest BCUT2D eigenvalue weighted by Crippen LogP contribution is -2.21. The van der Waals surface area contributed by atoms with Gasteiger partial charge in [-0.25, -0.2) is 9.78 Å². The fraction of sp³-hybridized carbons (Fsp3) is 0.105. The first kappa shape index (κ1) is 20.4. The number of nitro groups is 1. The maximum atomic E-state index is 12.1. The summed E-state index contributed by atoms with van der Waals surface area (Å²) in [5.74, 6) is -1.37. The highest BCUT2D eigenvalue weighted by Crippen LogP contribution is 2.27. The second-order valence-electron chi connectivity index (χ2n) is 5.95. The lowest BCUT2D eigenvalue weighted by atomic mass is 10.2. The van der Waals surface area contributed by atoms with Crippen molar-refractivity contribution in [3.63, 3.8) is 0 Å². The van der Waals surface area contributed by atoms with Crippen LogP contribution in [0.1, 0.15) is 16.1 Å². The average Bonchev–Trinajstić information content (AvgIpc) is 3.18. The molecule has 3 aromatic rings. The number of aromatic nitrogens is 1. The van der Waals surface area contributed by atoms with Crippen molar-refractivity contribution in [1.82, 2.24) is 4.98 Å². The zero-order chi connectivity index (χ0) is 21.0. The monoisotopic (exact) mass is 431 g/mol. The molecule has 0 spiro atoms. The van der Waals surface area contributed by atoms with Crippen LogP contribution in [0.3, 0.4) is 0 Å². The molecule has 0 bridgehead atoms. The largest absolute Gasteiger partial charge is 0.451 e. The lowest BCUT2D eigenvalue weighted by Gasteiger charge is -2.07. The second-order valence-corrected chi connectivity index (χ2v) is 7.21. The molecule has 0 aliphatic rings. The Hall–Kier alpha value is -3.30. The van der Waals surface area contributed by atoms with Crippen LogP contribution in [-0.2, 0) is 9.53 Å². The van der Waals surface area contributed by atoms with Gasteiger partial charge in [0, 0.05) is 23.1 Å². The van der Waals surface area contributed by atoms with E-state index in [-0.39, 0.29) is 22.1 Å². The number of ether oxygens (including phenoxy) is 1. The molecule has 1 heterocycles. The number of halogens is 1. The number of aryl methyl sites for hydroxylation is 1. The number of hydrogen-bond acceptors (Lipinski definition) is 7. The highest BCUT2D eigenvalue weighted by Gasteiger charge is 2.16. The summed E-state index contributed by atoms with van der Waals surface area (Å²) in [6.07, 6.45) is 0. The summed E-state index contributed by atoms with van der Waals surface area (Å²) >= 11 is 7.21. The number of amides is 1. The van der Waals surface area contributed by atoms with Crippen LogP contribution in [0.15, 0.2) is 47.8 Å². The predicted octanol–water partition coefficient (Wildman–Crippen LogP) is 4.48. The number of carbonyl (C=O) groups excluding carboxylic acids is 2. The number of rotatable bonds is 6. The number of carbonyl (C=O) groups is 2. The molecule has 0 unspecified atom stereocenters. The SMILES string of the molecule is Cc1ccc(-c2nc(C(=O)OCC(=O)Nc3ccc([N+](=O)[O-])cc3Cl)cs2)cc1. The van der Waals surface area contributed by atoms with Crippen molar-refractivity contribution >= 4 is 46.2 Å². The molecule has 2 aromatic carbocycles. The van der Waals surface area contributed by atoms with Crippen LogP contribution < -0.4 is 5.32 Å². The highest BCUT2D eigenvalue weighted by molar-refractivity contribution is 7.13. The van der Waals surface area contributed by atoms with E-state index < -0.39 is 23.4 Å². The fourth-order valence-electron chi connectivity index (χ4n) is 2.31. The van der Waals surface area contributed by atoms with Crippen molar-refractivity contribution in [3.8, 4) is 10.6 Å². The van der Waals surface area contributed by atoms with Crippen molar-refractivity contribution in [3.05, 3.63) is 74.2 Å². The summed E-state index contributed by atoms with van der Waals surface area (Å²) in [6.45, 7) is 1.42. The summed E-state index contributed by atoms with van der Waals surface area (Å²) in [5, 5.41) is 15.4. The Morgan fingerprint density at radius 2 is 1.97 bits per heavy atom. The third-order valence-corrected chi connectivity index (χ3v) is 4.99. The van der Waals surface area contributed by atoms with Gasteiger partial charge in [-0.2, -0.15) is 0 Å². The Balaban J connectivity index is 1.57. The Kier molecular flexibility index (Phi) is 6.20. The quantitative estimate of drug-likeness (QED) is 0.350. The van der Waals surface area contributed by atoms with E-state index in [1.807, 2.05) is 31.2 Å². The first-order valence-corrected chi connectivity index (χ1v) is 9.53. The van der Waals surface area contributed by atoms with Crippen LogP contribution in [0.25, 0.3) is 10.6 Å². The molecule has 0 aliphatic heterocycles. The van der Waals surface area contributed by atoms with Crippen molar-refractivity contribution in [2.45, 2.75) is 6.92 Å². The Bertz CT molecular complexity index is 1080. The number of nitrogens with one attached hydrogen (secondary N) is 1. The van der Waals surface area contributed by atoms with Gasteiger partial charge < -0.3 is 10.1 Å². The van der Waals surface area contributed by atoms with E-state index in [1.54, 1.807) is 5.38 Å². The normalized spacial score (nSPS) is 10.4. The van der Waals surface area contributed by atoms with E-state index in [2.05, 4.69) is 10.3 Å². The number of thiazole rings is 1. The van der Waals surface area contributed by atoms with E-state index in [9.17, 15) is 19.7 Å². The van der Waals surface area contributed by atoms with Crippen molar-refractivity contribution < 1.29 is 19.2 Å². The molecule has 0 saturated carbocycles. The Morgan fingerprint density at radius 3 is 2.62 bits per heavy atom. The van der Waals surface area contributed by atoms with Crippen LogP contribution in [-0.4, -0.2) is 28.4 Å². The fourth-order valence-corrected chi connectivity index (χ4v) is 3.32. The van der Waals surface area contributed by atoms with Crippen LogP contribution in [0.5, 0.6) is 0 Å². The van der Waals surface area contributed by atoms with Gasteiger partial charge in [-0.3, -0.25) is 14.9 Å². The van der Waals surface area contributed by atoms with Gasteiger partial charge in [-0.15, -0.1) is 11.3 Å². The molecular weight excluding hydrogens is 418 g/mol. The van der Waals surface area contributed by atoms with Gasteiger partial charge in [0.15, 0.2) is 12.3 Å². The maximum Gasteiger partial charge on any atom is 0.358 e. The molecule has 1 N–H and O–H groups in total. The van der Waals surface area contributed by atoms with E-state index in [1.165, 1.54) is 23.5 Å². The molecular formula is C19H14ClN3O5S. The molecule has 0 radical (unpaired) electrons. The summed E-state index contributed by atoms with van der Waals surface area (Å²) in [7, 11) is 0. The average molecular weight is 432 g/mol. The molecule has 1 amide bonds. The number of non-ortho nitro benzene ring substituents is 1. The molecule has 8 nitrogen and oxygen atoms in total. The first-order valence-electron chi connectivity index (χ1n) is 8.27. The molecule has 0 atom stereocenters. The van der Waals surface area contributed by atoms with Crippen molar-refractivity contribution in [2.24, 2.45) is 0 Å². The highest BCUT2D eigenvalue weighted by atomic mass is 35.5. The Morgan fingerprint density at radius 1 is 1.24 bits per heavy atom. The van der Waals surface area contributed by atoms with Gasteiger partial charge in [-0.05, 0) is 13.0 Å². The van der Waals surface area contributed by atoms with Gasteiger partial charge in [0.2, 0.25) is 0 Å². The zero-order valence-corrected chi connectivity index (χ0v) is 16.6. The molecule has 29 heavy (non-hydrogen) atoms. The molecule has 1 aromatic heterocycles.